The number of ether oxygens (including phenoxy) is 1. The van der Waals surface area contributed by atoms with Crippen molar-refractivity contribution in [3.05, 3.63) is 70.1 Å². The summed E-state index contributed by atoms with van der Waals surface area (Å²) in [5.74, 6) is -1.34. The minimum absolute atomic E-state index is 0.0692. The molecule has 8 heteroatoms. The molecule has 7 nitrogen and oxygen atoms in total. The van der Waals surface area contributed by atoms with Crippen LogP contribution in [0.1, 0.15) is 23.6 Å². The molecule has 1 N–H and O–H groups in total. The summed E-state index contributed by atoms with van der Waals surface area (Å²) in [6.07, 6.45) is 2.63. The van der Waals surface area contributed by atoms with E-state index in [2.05, 4.69) is 5.32 Å². The Labute approximate surface area is 177 Å². The van der Waals surface area contributed by atoms with Gasteiger partial charge in [-0.25, -0.2) is 0 Å². The van der Waals surface area contributed by atoms with Crippen LogP contribution in [-0.4, -0.2) is 23.0 Å². The lowest BCUT2D eigenvalue weighted by molar-refractivity contribution is -0.142. The minimum Gasteiger partial charge on any atom is -0.461 e. The maximum absolute atomic E-state index is 13.3. The molecule has 4 rings (SSSR count). The standard InChI is InChI=1S/C22H18N2O5S/c1-13(25)29-12-14-6-9-18-16(10-14)8-7-15-4-2-3-5-17(15)24(18)20(26)11-19-21(27)23-22(28)30-19/h2-6,9-11H,7-8,12H2,1H3,(H,23,27,28). The van der Waals surface area contributed by atoms with E-state index in [1.165, 1.54) is 13.0 Å². The highest BCUT2D eigenvalue weighted by molar-refractivity contribution is 8.18. The van der Waals surface area contributed by atoms with Crippen molar-refractivity contribution in [2.45, 2.75) is 26.4 Å². The molecule has 2 heterocycles. The predicted octanol–water partition coefficient (Wildman–Crippen LogP) is 3.38. The summed E-state index contributed by atoms with van der Waals surface area (Å²) in [5, 5.41) is 1.67. The number of amides is 3. The number of rotatable bonds is 3. The van der Waals surface area contributed by atoms with Gasteiger partial charge in [-0.15, -0.1) is 0 Å². The van der Waals surface area contributed by atoms with Gasteiger partial charge in [0.25, 0.3) is 17.1 Å². The second-order valence-electron chi connectivity index (χ2n) is 6.90. The van der Waals surface area contributed by atoms with Crippen LogP contribution in [0.25, 0.3) is 0 Å². The van der Waals surface area contributed by atoms with Crippen molar-refractivity contribution in [2.75, 3.05) is 4.90 Å². The van der Waals surface area contributed by atoms with E-state index in [0.29, 0.717) is 23.9 Å². The van der Waals surface area contributed by atoms with Gasteiger partial charge in [0.1, 0.15) is 6.61 Å². The van der Waals surface area contributed by atoms with E-state index in [9.17, 15) is 19.2 Å². The lowest BCUT2D eigenvalue weighted by Crippen LogP contribution is -2.26. The van der Waals surface area contributed by atoms with Crippen LogP contribution in [0, 0.1) is 0 Å². The predicted molar refractivity (Wildman–Crippen MR) is 112 cm³/mol. The van der Waals surface area contributed by atoms with Gasteiger partial charge >= 0.3 is 5.97 Å². The number of benzene rings is 2. The molecule has 0 atom stereocenters. The summed E-state index contributed by atoms with van der Waals surface area (Å²) in [6, 6.07) is 13.2. The number of anilines is 2. The Morgan fingerprint density at radius 3 is 2.57 bits per heavy atom. The monoisotopic (exact) mass is 422 g/mol. The number of nitrogens with one attached hydrogen (secondary N) is 1. The molecule has 1 fully saturated rings. The van der Waals surface area contributed by atoms with Gasteiger partial charge in [0.15, 0.2) is 0 Å². The lowest BCUT2D eigenvalue weighted by Gasteiger charge is -2.24. The third-order valence-corrected chi connectivity index (χ3v) is 5.65. The number of fused-ring (bicyclic) bond motifs is 2. The van der Waals surface area contributed by atoms with E-state index in [-0.39, 0.29) is 17.5 Å². The molecular formula is C22H18N2O5S. The Balaban J connectivity index is 1.76. The number of hydrogen-bond donors (Lipinski definition) is 1. The molecule has 3 amide bonds. The van der Waals surface area contributed by atoms with Crippen LogP contribution in [0.3, 0.4) is 0 Å². The highest BCUT2D eigenvalue weighted by Gasteiger charge is 2.30. The van der Waals surface area contributed by atoms with E-state index in [4.69, 9.17) is 4.74 Å². The van der Waals surface area contributed by atoms with Crippen LogP contribution in [-0.2, 0) is 38.6 Å². The smallest absolute Gasteiger partial charge is 0.302 e. The van der Waals surface area contributed by atoms with Crippen LogP contribution < -0.4 is 10.2 Å². The third-order valence-electron chi connectivity index (χ3n) is 4.84. The van der Waals surface area contributed by atoms with E-state index < -0.39 is 17.1 Å². The van der Waals surface area contributed by atoms with Crippen LogP contribution in [0.2, 0.25) is 0 Å². The zero-order valence-electron chi connectivity index (χ0n) is 16.1. The first kappa shape index (κ1) is 19.9. The van der Waals surface area contributed by atoms with Gasteiger partial charge in [0, 0.05) is 13.0 Å². The zero-order chi connectivity index (χ0) is 21.3. The Bertz CT molecular complexity index is 1110. The van der Waals surface area contributed by atoms with Crippen LogP contribution in [0.15, 0.2) is 53.4 Å². The zero-order valence-corrected chi connectivity index (χ0v) is 17.0. The highest BCUT2D eigenvalue weighted by Crippen LogP contribution is 2.37. The number of nitrogens with zero attached hydrogens (tertiary/aromatic N) is 1. The number of carbonyl (C=O) groups is 4. The van der Waals surface area contributed by atoms with Crippen LogP contribution >= 0.6 is 11.8 Å². The molecule has 0 bridgehead atoms. The van der Waals surface area contributed by atoms with Crippen molar-refractivity contribution in [1.29, 1.82) is 0 Å². The molecule has 0 spiro atoms. The Morgan fingerprint density at radius 1 is 1.10 bits per heavy atom. The normalized spacial score (nSPS) is 16.6. The fourth-order valence-electron chi connectivity index (χ4n) is 3.51. The van der Waals surface area contributed by atoms with Crippen molar-refractivity contribution in [2.24, 2.45) is 0 Å². The first-order valence-corrected chi connectivity index (χ1v) is 10.2. The quantitative estimate of drug-likeness (QED) is 0.602. The van der Waals surface area contributed by atoms with Crippen molar-refractivity contribution in [3.63, 3.8) is 0 Å². The number of imide groups is 1. The summed E-state index contributed by atoms with van der Waals surface area (Å²) in [4.78, 5) is 49.4. The van der Waals surface area contributed by atoms with E-state index in [0.717, 1.165) is 28.8 Å². The number of para-hydroxylation sites is 1. The second-order valence-corrected chi connectivity index (χ2v) is 7.91. The molecule has 0 saturated carbocycles. The number of thioether (sulfide) groups is 1. The maximum atomic E-state index is 13.3. The molecule has 2 aromatic rings. The fourth-order valence-corrected chi connectivity index (χ4v) is 4.15. The van der Waals surface area contributed by atoms with Crippen LogP contribution in [0.4, 0.5) is 16.2 Å². The average Bonchev–Trinajstić information content (AvgIpc) is 2.94. The lowest BCUT2D eigenvalue weighted by atomic mass is 10.0. The van der Waals surface area contributed by atoms with Gasteiger partial charge in [-0.05, 0) is 53.4 Å². The molecule has 0 unspecified atom stereocenters. The van der Waals surface area contributed by atoms with Gasteiger partial charge in [0.2, 0.25) is 0 Å². The van der Waals surface area contributed by atoms with E-state index >= 15 is 0 Å². The molecule has 0 radical (unpaired) electrons. The first-order valence-electron chi connectivity index (χ1n) is 9.34. The van der Waals surface area contributed by atoms with E-state index in [1.54, 1.807) is 4.90 Å². The molecule has 2 aliphatic heterocycles. The van der Waals surface area contributed by atoms with Crippen molar-refractivity contribution in [1.82, 2.24) is 5.32 Å². The molecule has 152 valence electrons. The third kappa shape index (κ3) is 3.99. The molecule has 30 heavy (non-hydrogen) atoms. The number of hydrogen-bond acceptors (Lipinski definition) is 6. The van der Waals surface area contributed by atoms with Gasteiger partial charge in [0.05, 0.1) is 16.3 Å². The Kier molecular flexibility index (Phi) is 5.41. The molecule has 0 aliphatic carbocycles. The van der Waals surface area contributed by atoms with Gasteiger partial charge in [-0.2, -0.15) is 0 Å². The largest absolute Gasteiger partial charge is 0.461 e. The summed E-state index contributed by atoms with van der Waals surface area (Å²) in [5.41, 5.74) is 4.20. The fraction of sp³-hybridized carbons (Fsp3) is 0.182. The first-order chi connectivity index (χ1) is 14.4. The summed E-state index contributed by atoms with van der Waals surface area (Å²) in [6.45, 7) is 1.52. The highest BCUT2D eigenvalue weighted by atomic mass is 32.2. The minimum atomic E-state index is -0.571. The Hall–Kier alpha value is -3.39. The summed E-state index contributed by atoms with van der Waals surface area (Å²) >= 11 is 0.711. The molecule has 0 aromatic heterocycles. The summed E-state index contributed by atoms with van der Waals surface area (Å²) < 4.78 is 5.09. The van der Waals surface area contributed by atoms with E-state index in [1.807, 2.05) is 42.5 Å². The van der Waals surface area contributed by atoms with Crippen LogP contribution in [0.5, 0.6) is 0 Å². The average molecular weight is 422 g/mol. The number of carbonyl (C=O) groups excluding carboxylic acids is 4. The van der Waals surface area contributed by atoms with Crippen molar-refractivity contribution < 1.29 is 23.9 Å². The van der Waals surface area contributed by atoms with Crippen molar-refractivity contribution in [3.8, 4) is 0 Å². The second kappa shape index (κ2) is 8.16. The van der Waals surface area contributed by atoms with Gasteiger partial charge < -0.3 is 4.74 Å². The molecular weight excluding hydrogens is 404 g/mol. The number of aryl methyl sites for hydroxylation is 2. The number of esters is 1. The van der Waals surface area contributed by atoms with Gasteiger partial charge in [-0.3, -0.25) is 29.4 Å². The maximum Gasteiger partial charge on any atom is 0.302 e. The molecule has 1 saturated heterocycles. The molecule has 2 aliphatic rings. The topological polar surface area (TPSA) is 92.8 Å². The Morgan fingerprint density at radius 2 is 1.83 bits per heavy atom. The van der Waals surface area contributed by atoms with Crippen molar-refractivity contribution >= 4 is 46.2 Å². The molecule has 2 aromatic carbocycles. The van der Waals surface area contributed by atoms with Gasteiger partial charge in [-0.1, -0.05) is 30.3 Å². The SMILES string of the molecule is CC(=O)OCc1ccc2c(c1)CCc1ccccc1N2C(=O)C=C1SC(=O)NC1=O. The summed E-state index contributed by atoms with van der Waals surface area (Å²) in [7, 11) is 0.